The molecule has 0 bridgehead atoms. The van der Waals surface area contributed by atoms with Gasteiger partial charge in [-0.3, -0.25) is 4.79 Å². The quantitative estimate of drug-likeness (QED) is 0.220. The molecule has 1 fully saturated rings. The SMILES string of the molecule is NC(c1ccccc1OCc1ccccc1)C1SCCCS1.O=Cc1ccccc1OCc1ccccc1. The third-order valence-electron chi connectivity index (χ3n) is 5.94. The van der Waals surface area contributed by atoms with Gasteiger partial charge < -0.3 is 15.2 Å². The number of aldehydes is 1. The molecular formula is C32H33NO3S2. The van der Waals surface area contributed by atoms with Gasteiger partial charge in [0, 0.05) is 5.56 Å². The van der Waals surface area contributed by atoms with Gasteiger partial charge in [0.25, 0.3) is 0 Å². The van der Waals surface area contributed by atoms with Gasteiger partial charge in [0.2, 0.25) is 0 Å². The highest BCUT2D eigenvalue weighted by molar-refractivity contribution is 8.17. The molecule has 0 radical (unpaired) electrons. The molecule has 1 heterocycles. The molecule has 1 aliphatic rings. The fraction of sp³-hybridized carbons (Fsp3) is 0.219. The minimum absolute atomic E-state index is 0.0160. The van der Waals surface area contributed by atoms with Gasteiger partial charge in [-0.15, -0.1) is 23.5 Å². The summed E-state index contributed by atoms with van der Waals surface area (Å²) < 4.78 is 12.0. The highest BCUT2D eigenvalue weighted by Crippen LogP contribution is 2.40. The maximum atomic E-state index is 10.8. The summed E-state index contributed by atoms with van der Waals surface area (Å²) in [6.07, 6.45) is 2.09. The van der Waals surface area contributed by atoms with E-state index in [-0.39, 0.29) is 6.04 Å². The minimum atomic E-state index is 0.0160. The molecule has 0 aromatic heterocycles. The van der Waals surface area contributed by atoms with Crippen molar-refractivity contribution >= 4 is 29.8 Å². The molecule has 4 aromatic carbocycles. The van der Waals surface area contributed by atoms with E-state index in [4.69, 9.17) is 15.2 Å². The summed E-state index contributed by atoms with van der Waals surface area (Å²) in [6.45, 7) is 1.06. The van der Waals surface area contributed by atoms with Gasteiger partial charge in [-0.2, -0.15) is 0 Å². The van der Waals surface area contributed by atoms with Crippen LogP contribution in [0, 0.1) is 0 Å². The van der Waals surface area contributed by atoms with Crippen LogP contribution in [-0.2, 0) is 13.2 Å². The van der Waals surface area contributed by atoms with E-state index < -0.39 is 0 Å². The number of rotatable bonds is 9. The molecule has 0 amide bonds. The number of hydrogen-bond donors (Lipinski definition) is 1. The third-order valence-corrected chi connectivity index (χ3v) is 9.05. The van der Waals surface area contributed by atoms with Gasteiger partial charge in [0.15, 0.2) is 6.29 Å². The second kappa shape index (κ2) is 15.3. The van der Waals surface area contributed by atoms with Gasteiger partial charge >= 0.3 is 0 Å². The lowest BCUT2D eigenvalue weighted by Crippen LogP contribution is -2.24. The van der Waals surface area contributed by atoms with Crippen molar-refractivity contribution in [1.29, 1.82) is 0 Å². The van der Waals surface area contributed by atoms with E-state index in [0.717, 1.165) is 23.2 Å². The van der Waals surface area contributed by atoms with Gasteiger partial charge in [0.05, 0.1) is 16.2 Å². The van der Waals surface area contributed by atoms with Crippen LogP contribution in [0.2, 0.25) is 0 Å². The standard InChI is InChI=1S/C18H21NOS2.C14H12O2/c19-17(18-21-11-6-12-22-18)15-9-4-5-10-16(15)20-13-14-7-2-1-3-8-14;15-10-13-8-4-5-9-14(13)16-11-12-6-2-1-3-7-12/h1-5,7-10,17-18H,6,11-13,19H2;1-10H,11H2. The predicted molar refractivity (Wildman–Crippen MR) is 160 cm³/mol. The van der Waals surface area contributed by atoms with Crippen LogP contribution >= 0.6 is 23.5 Å². The molecule has 0 saturated carbocycles. The first kappa shape index (κ1) is 27.8. The van der Waals surface area contributed by atoms with E-state index in [1.165, 1.54) is 23.5 Å². The Morgan fingerprint density at radius 2 is 1.21 bits per heavy atom. The Morgan fingerprint density at radius 3 is 1.82 bits per heavy atom. The molecule has 5 rings (SSSR count). The average molecular weight is 544 g/mol. The van der Waals surface area contributed by atoms with Crippen LogP contribution in [0.5, 0.6) is 11.5 Å². The van der Waals surface area contributed by atoms with E-state index in [2.05, 4.69) is 18.2 Å². The molecule has 2 N–H and O–H groups in total. The first-order valence-electron chi connectivity index (χ1n) is 12.7. The number of carbonyl (C=O) groups is 1. The maximum Gasteiger partial charge on any atom is 0.153 e. The van der Waals surface area contributed by atoms with Crippen molar-refractivity contribution in [3.8, 4) is 11.5 Å². The van der Waals surface area contributed by atoms with Crippen LogP contribution < -0.4 is 15.2 Å². The molecule has 38 heavy (non-hydrogen) atoms. The van der Waals surface area contributed by atoms with E-state index in [1.54, 1.807) is 12.1 Å². The van der Waals surface area contributed by atoms with Crippen LogP contribution in [0.25, 0.3) is 0 Å². The summed E-state index contributed by atoms with van der Waals surface area (Å²) in [4.78, 5) is 10.8. The molecular weight excluding hydrogens is 510 g/mol. The second-order valence-electron chi connectivity index (χ2n) is 8.73. The zero-order chi connectivity index (χ0) is 26.4. The third kappa shape index (κ3) is 8.42. The molecule has 196 valence electrons. The van der Waals surface area contributed by atoms with Crippen molar-refractivity contribution in [2.24, 2.45) is 5.73 Å². The Morgan fingerprint density at radius 1 is 0.711 bits per heavy atom. The number of thioether (sulfide) groups is 2. The lowest BCUT2D eigenvalue weighted by atomic mass is 10.1. The number of ether oxygens (including phenoxy) is 2. The normalized spacial score (nSPS) is 14.0. The predicted octanol–water partition coefficient (Wildman–Crippen LogP) is 7.54. The smallest absolute Gasteiger partial charge is 0.153 e. The first-order valence-corrected chi connectivity index (χ1v) is 14.8. The number of benzene rings is 4. The topological polar surface area (TPSA) is 61.5 Å². The van der Waals surface area contributed by atoms with Crippen molar-refractivity contribution in [2.45, 2.75) is 30.3 Å². The highest BCUT2D eigenvalue weighted by atomic mass is 32.2. The summed E-state index contributed by atoms with van der Waals surface area (Å²) in [5.74, 6) is 3.95. The molecule has 6 heteroatoms. The molecule has 1 aliphatic heterocycles. The monoisotopic (exact) mass is 543 g/mol. The van der Waals surface area contributed by atoms with Gasteiger partial charge in [-0.05, 0) is 47.3 Å². The Balaban J connectivity index is 0.000000186. The van der Waals surface area contributed by atoms with Crippen molar-refractivity contribution in [1.82, 2.24) is 0 Å². The van der Waals surface area contributed by atoms with Gasteiger partial charge in [-0.25, -0.2) is 0 Å². The summed E-state index contributed by atoms with van der Waals surface area (Å²) in [5, 5.41) is 0. The lowest BCUT2D eigenvalue weighted by molar-refractivity contribution is 0.111. The van der Waals surface area contributed by atoms with Crippen LogP contribution in [0.1, 0.15) is 39.5 Å². The van der Waals surface area contributed by atoms with E-state index in [9.17, 15) is 4.79 Å². The maximum absolute atomic E-state index is 10.8. The summed E-state index contributed by atoms with van der Waals surface area (Å²) in [7, 11) is 0. The molecule has 1 saturated heterocycles. The van der Waals surface area contributed by atoms with Crippen molar-refractivity contribution in [3.63, 3.8) is 0 Å². The molecule has 4 nitrogen and oxygen atoms in total. The summed E-state index contributed by atoms with van der Waals surface area (Å²) in [6, 6.07) is 35.5. The zero-order valence-corrected chi connectivity index (χ0v) is 22.9. The molecule has 1 unspecified atom stereocenters. The zero-order valence-electron chi connectivity index (χ0n) is 21.3. The Hall–Kier alpha value is -3.19. The van der Waals surface area contributed by atoms with Crippen LogP contribution in [0.4, 0.5) is 0 Å². The van der Waals surface area contributed by atoms with Crippen molar-refractivity contribution < 1.29 is 14.3 Å². The van der Waals surface area contributed by atoms with Crippen molar-refractivity contribution in [2.75, 3.05) is 11.5 Å². The van der Waals surface area contributed by atoms with E-state index >= 15 is 0 Å². The second-order valence-corrected chi connectivity index (χ2v) is 11.5. The number of nitrogens with two attached hydrogens (primary N) is 1. The van der Waals surface area contributed by atoms with Crippen LogP contribution in [0.3, 0.4) is 0 Å². The molecule has 0 spiro atoms. The summed E-state index contributed by atoms with van der Waals surface area (Å²) >= 11 is 3.94. The molecule has 4 aromatic rings. The Labute approximate surface area is 233 Å². The number of para-hydroxylation sites is 2. The Bertz CT molecular complexity index is 1250. The molecule has 0 aliphatic carbocycles. The first-order chi connectivity index (χ1) is 18.7. The number of carbonyl (C=O) groups excluding carboxylic acids is 1. The summed E-state index contributed by atoms with van der Waals surface area (Å²) in [5.41, 5.74) is 10.5. The van der Waals surface area contributed by atoms with Crippen molar-refractivity contribution in [3.05, 3.63) is 131 Å². The fourth-order valence-corrected chi connectivity index (χ4v) is 6.87. The Kier molecular flexibility index (Phi) is 11.2. The largest absolute Gasteiger partial charge is 0.489 e. The molecule has 1 atom stereocenters. The minimum Gasteiger partial charge on any atom is -0.489 e. The number of hydrogen-bond acceptors (Lipinski definition) is 6. The fourth-order valence-electron chi connectivity index (χ4n) is 3.93. The van der Waals surface area contributed by atoms with Gasteiger partial charge in [0.1, 0.15) is 24.7 Å². The van der Waals surface area contributed by atoms with Crippen LogP contribution in [0.15, 0.2) is 109 Å². The average Bonchev–Trinajstić information content (AvgIpc) is 3.01. The van der Waals surface area contributed by atoms with Crippen LogP contribution in [-0.4, -0.2) is 22.4 Å². The lowest BCUT2D eigenvalue weighted by Gasteiger charge is -2.28. The highest BCUT2D eigenvalue weighted by Gasteiger charge is 2.25. The van der Waals surface area contributed by atoms with Gasteiger partial charge in [-0.1, -0.05) is 91.0 Å². The van der Waals surface area contributed by atoms with E-state index in [1.807, 2.05) is 102 Å². The van der Waals surface area contributed by atoms with E-state index in [0.29, 0.717) is 29.1 Å².